The zero-order valence-electron chi connectivity index (χ0n) is 11.5. The molecule has 0 atom stereocenters. The molecule has 0 saturated heterocycles. The van der Waals surface area contributed by atoms with E-state index in [-0.39, 0.29) is 0 Å². The van der Waals surface area contributed by atoms with Crippen molar-refractivity contribution in [1.82, 2.24) is 9.78 Å². The highest BCUT2D eigenvalue weighted by Gasteiger charge is 2.18. The molecule has 106 valence electrons. The lowest BCUT2D eigenvalue weighted by atomic mass is 9.86. The van der Waals surface area contributed by atoms with Gasteiger partial charge in [-0.1, -0.05) is 18.0 Å². The molecule has 0 bridgehead atoms. The Balaban J connectivity index is 1.81. The van der Waals surface area contributed by atoms with Crippen LogP contribution in [0.2, 0.25) is 5.02 Å². The minimum absolute atomic E-state index is 0.622. The summed E-state index contributed by atoms with van der Waals surface area (Å²) in [7, 11) is 1.82. The van der Waals surface area contributed by atoms with E-state index < -0.39 is 0 Å². The fraction of sp³-hybridized carbons (Fsp3) is 0.400. The fourth-order valence-electron chi connectivity index (χ4n) is 2.29. The first-order valence-electron chi connectivity index (χ1n) is 6.85. The molecular formula is C15H18ClN3O. The summed E-state index contributed by atoms with van der Waals surface area (Å²) in [5, 5.41) is 5.01. The van der Waals surface area contributed by atoms with Gasteiger partial charge in [0.25, 0.3) is 0 Å². The van der Waals surface area contributed by atoms with E-state index in [4.69, 9.17) is 22.1 Å². The molecular weight excluding hydrogens is 274 g/mol. The van der Waals surface area contributed by atoms with Crippen molar-refractivity contribution < 1.29 is 4.74 Å². The molecule has 0 amide bonds. The standard InChI is InChI=1S/C15H18ClN3O/c1-19-15(17)8-14(18-19)11-5-12(16)7-13(6-11)20-9-10-3-2-4-10/h5-8,10H,2-4,9,17H2,1H3. The first kappa shape index (κ1) is 13.3. The summed E-state index contributed by atoms with van der Waals surface area (Å²) < 4.78 is 7.48. The molecule has 0 radical (unpaired) electrons. The predicted molar refractivity (Wildman–Crippen MR) is 80.9 cm³/mol. The second-order valence-corrected chi connectivity index (χ2v) is 5.80. The Morgan fingerprint density at radius 2 is 2.15 bits per heavy atom. The molecule has 1 heterocycles. The molecule has 2 N–H and O–H groups in total. The lowest BCUT2D eigenvalue weighted by Crippen LogP contribution is -2.19. The Kier molecular flexibility index (Phi) is 3.57. The van der Waals surface area contributed by atoms with E-state index in [9.17, 15) is 0 Å². The topological polar surface area (TPSA) is 53.1 Å². The molecule has 1 saturated carbocycles. The van der Waals surface area contributed by atoms with Crippen LogP contribution in [0.15, 0.2) is 24.3 Å². The van der Waals surface area contributed by atoms with Crippen molar-refractivity contribution in [3.8, 4) is 17.0 Å². The van der Waals surface area contributed by atoms with Gasteiger partial charge in [-0.3, -0.25) is 4.68 Å². The molecule has 20 heavy (non-hydrogen) atoms. The van der Waals surface area contributed by atoms with Crippen LogP contribution in [0, 0.1) is 5.92 Å². The Morgan fingerprint density at radius 1 is 1.35 bits per heavy atom. The first-order valence-corrected chi connectivity index (χ1v) is 7.23. The highest BCUT2D eigenvalue weighted by molar-refractivity contribution is 6.31. The number of anilines is 1. The van der Waals surface area contributed by atoms with Crippen LogP contribution in [0.25, 0.3) is 11.3 Å². The molecule has 2 aromatic rings. The largest absolute Gasteiger partial charge is 0.493 e. The molecule has 1 aromatic carbocycles. The number of halogens is 1. The van der Waals surface area contributed by atoms with Crippen molar-refractivity contribution in [2.45, 2.75) is 19.3 Å². The summed E-state index contributed by atoms with van der Waals surface area (Å²) >= 11 is 6.16. The summed E-state index contributed by atoms with van der Waals surface area (Å²) in [6.07, 6.45) is 3.86. The maximum Gasteiger partial charge on any atom is 0.121 e. The number of rotatable bonds is 4. The minimum Gasteiger partial charge on any atom is -0.493 e. The van der Waals surface area contributed by atoms with Gasteiger partial charge >= 0.3 is 0 Å². The summed E-state index contributed by atoms with van der Waals surface area (Å²) in [6.45, 7) is 0.768. The van der Waals surface area contributed by atoms with Gasteiger partial charge in [-0.15, -0.1) is 0 Å². The lowest BCUT2D eigenvalue weighted by molar-refractivity contribution is 0.180. The minimum atomic E-state index is 0.622. The van der Waals surface area contributed by atoms with Gasteiger partial charge in [-0.05, 0) is 37.0 Å². The first-order chi connectivity index (χ1) is 9.61. The fourth-order valence-corrected chi connectivity index (χ4v) is 2.52. The normalized spacial score (nSPS) is 15.1. The SMILES string of the molecule is Cn1nc(-c2cc(Cl)cc(OCC3CCC3)c2)cc1N. The number of ether oxygens (including phenoxy) is 1. The monoisotopic (exact) mass is 291 g/mol. The summed E-state index contributed by atoms with van der Waals surface area (Å²) in [4.78, 5) is 0. The van der Waals surface area contributed by atoms with Crippen LogP contribution in [-0.2, 0) is 7.05 Å². The molecule has 1 aliphatic rings. The van der Waals surface area contributed by atoms with Gasteiger partial charge in [0.1, 0.15) is 11.6 Å². The van der Waals surface area contributed by atoms with Crippen LogP contribution >= 0.6 is 11.6 Å². The molecule has 3 rings (SSSR count). The van der Waals surface area contributed by atoms with E-state index in [1.165, 1.54) is 19.3 Å². The molecule has 0 spiro atoms. The number of aromatic nitrogens is 2. The number of nitrogens with zero attached hydrogens (tertiary/aromatic N) is 2. The third kappa shape index (κ3) is 2.75. The number of nitrogen functional groups attached to an aromatic ring is 1. The quantitative estimate of drug-likeness (QED) is 0.938. The van der Waals surface area contributed by atoms with E-state index in [1.807, 2.05) is 31.3 Å². The lowest BCUT2D eigenvalue weighted by Gasteiger charge is -2.25. The molecule has 1 aliphatic carbocycles. The van der Waals surface area contributed by atoms with Crippen LogP contribution < -0.4 is 10.5 Å². The van der Waals surface area contributed by atoms with Crippen LogP contribution in [0.3, 0.4) is 0 Å². The van der Waals surface area contributed by atoms with E-state index in [2.05, 4.69) is 5.10 Å². The van der Waals surface area contributed by atoms with Crippen molar-refractivity contribution in [3.63, 3.8) is 0 Å². The van der Waals surface area contributed by atoms with Crippen molar-refractivity contribution in [1.29, 1.82) is 0 Å². The van der Waals surface area contributed by atoms with Crippen LogP contribution in [0.4, 0.5) is 5.82 Å². The maximum absolute atomic E-state index is 6.16. The number of aryl methyl sites for hydroxylation is 1. The predicted octanol–water partition coefficient (Wildman–Crippen LogP) is 3.50. The Labute approximate surface area is 123 Å². The van der Waals surface area contributed by atoms with Gasteiger partial charge in [0.05, 0.1) is 12.3 Å². The number of nitrogens with two attached hydrogens (primary N) is 1. The van der Waals surface area contributed by atoms with Crippen LogP contribution in [-0.4, -0.2) is 16.4 Å². The molecule has 5 heteroatoms. The van der Waals surface area contributed by atoms with Gasteiger partial charge in [-0.2, -0.15) is 5.10 Å². The van der Waals surface area contributed by atoms with E-state index in [1.54, 1.807) is 4.68 Å². The summed E-state index contributed by atoms with van der Waals surface area (Å²) in [5.41, 5.74) is 7.55. The third-order valence-electron chi connectivity index (χ3n) is 3.79. The van der Waals surface area contributed by atoms with Crippen molar-refractivity contribution in [3.05, 3.63) is 29.3 Å². The van der Waals surface area contributed by atoms with Crippen LogP contribution in [0.1, 0.15) is 19.3 Å². The van der Waals surface area contributed by atoms with E-state index >= 15 is 0 Å². The Bertz CT molecular complexity index is 600. The second kappa shape index (κ2) is 5.37. The number of hydrogen-bond acceptors (Lipinski definition) is 3. The van der Waals surface area contributed by atoms with E-state index in [0.717, 1.165) is 23.6 Å². The third-order valence-corrected chi connectivity index (χ3v) is 4.01. The molecule has 0 aliphatic heterocycles. The van der Waals surface area contributed by atoms with Gasteiger partial charge in [0.15, 0.2) is 0 Å². The maximum atomic E-state index is 6.16. The van der Waals surface area contributed by atoms with Gasteiger partial charge in [-0.25, -0.2) is 0 Å². The van der Waals surface area contributed by atoms with E-state index in [0.29, 0.717) is 16.8 Å². The average molecular weight is 292 g/mol. The zero-order valence-corrected chi connectivity index (χ0v) is 12.2. The number of hydrogen-bond donors (Lipinski definition) is 1. The highest BCUT2D eigenvalue weighted by atomic mass is 35.5. The second-order valence-electron chi connectivity index (χ2n) is 5.36. The van der Waals surface area contributed by atoms with Crippen LogP contribution in [0.5, 0.6) is 5.75 Å². The smallest absolute Gasteiger partial charge is 0.121 e. The van der Waals surface area contributed by atoms with Crippen molar-refractivity contribution >= 4 is 17.4 Å². The Morgan fingerprint density at radius 3 is 2.75 bits per heavy atom. The van der Waals surface area contributed by atoms with Gasteiger partial charge in [0.2, 0.25) is 0 Å². The Hall–Kier alpha value is -1.68. The average Bonchev–Trinajstić information content (AvgIpc) is 2.67. The summed E-state index contributed by atoms with van der Waals surface area (Å²) in [6, 6.07) is 7.52. The molecule has 0 unspecified atom stereocenters. The highest BCUT2D eigenvalue weighted by Crippen LogP contribution is 2.31. The molecule has 1 aromatic heterocycles. The van der Waals surface area contributed by atoms with Gasteiger partial charge < -0.3 is 10.5 Å². The van der Waals surface area contributed by atoms with Crippen molar-refractivity contribution in [2.24, 2.45) is 13.0 Å². The number of benzene rings is 1. The molecule has 1 fully saturated rings. The van der Waals surface area contributed by atoms with Gasteiger partial charge in [0, 0.05) is 23.7 Å². The van der Waals surface area contributed by atoms with Crippen molar-refractivity contribution in [2.75, 3.05) is 12.3 Å². The molecule has 4 nitrogen and oxygen atoms in total. The zero-order chi connectivity index (χ0) is 14.1. The summed E-state index contributed by atoms with van der Waals surface area (Å²) in [5.74, 6) is 2.11.